The van der Waals surface area contributed by atoms with Gasteiger partial charge >= 0.3 is 6.03 Å². The van der Waals surface area contributed by atoms with Crippen LogP contribution in [0.25, 0.3) is 0 Å². The van der Waals surface area contributed by atoms with E-state index in [0.717, 1.165) is 25.1 Å². The molecule has 0 radical (unpaired) electrons. The molecule has 1 aliphatic heterocycles. The number of likely N-dealkylation sites (tertiary alicyclic amines) is 1. The van der Waals surface area contributed by atoms with Gasteiger partial charge in [0.25, 0.3) is 0 Å². The van der Waals surface area contributed by atoms with Crippen molar-refractivity contribution in [1.29, 1.82) is 0 Å². The Morgan fingerprint density at radius 2 is 2.04 bits per heavy atom. The van der Waals surface area contributed by atoms with Crippen LogP contribution in [0.15, 0.2) is 48.8 Å². The van der Waals surface area contributed by atoms with E-state index in [-0.39, 0.29) is 11.7 Å². The zero-order valence-corrected chi connectivity index (χ0v) is 16.5. The van der Waals surface area contributed by atoms with Crippen molar-refractivity contribution in [2.24, 2.45) is 0 Å². The largest absolute Gasteiger partial charge is 0.322 e. The van der Waals surface area contributed by atoms with Gasteiger partial charge in [-0.25, -0.2) is 9.18 Å². The maximum Gasteiger partial charge on any atom is 0.322 e. The predicted molar refractivity (Wildman–Crippen MR) is 110 cm³/mol. The van der Waals surface area contributed by atoms with Gasteiger partial charge in [0.05, 0.1) is 5.69 Å². The number of halogens is 1. The Hall–Kier alpha value is -2.47. The third kappa shape index (κ3) is 5.76. The fourth-order valence-corrected chi connectivity index (χ4v) is 3.67. The van der Waals surface area contributed by atoms with E-state index >= 15 is 0 Å². The third-order valence-corrected chi connectivity index (χ3v) is 5.34. The van der Waals surface area contributed by atoms with E-state index in [2.05, 4.69) is 22.1 Å². The molecule has 1 N–H and O–H groups in total. The van der Waals surface area contributed by atoms with Crippen LogP contribution >= 0.6 is 0 Å². The minimum absolute atomic E-state index is 0.205. The van der Waals surface area contributed by atoms with Gasteiger partial charge < -0.3 is 15.1 Å². The highest BCUT2D eigenvalue weighted by molar-refractivity contribution is 5.89. The highest BCUT2D eigenvalue weighted by Gasteiger charge is 2.20. The average molecular weight is 384 g/mol. The molecule has 2 amide bonds. The smallest absolute Gasteiger partial charge is 0.320 e. The molecule has 1 saturated heterocycles. The summed E-state index contributed by atoms with van der Waals surface area (Å²) in [6.07, 6.45) is 8.12. The number of carbonyl (C=O) groups is 1. The Morgan fingerprint density at radius 1 is 1.25 bits per heavy atom. The predicted octanol–water partition coefficient (Wildman–Crippen LogP) is 4.52. The van der Waals surface area contributed by atoms with Gasteiger partial charge in [-0.2, -0.15) is 0 Å². The lowest BCUT2D eigenvalue weighted by atomic mass is 10.0. The molecule has 1 unspecified atom stereocenters. The van der Waals surface area contributed by atoms with E-state index in [1.165, 1.54) is 25.3 Å². The van der Waals surface area contributed by atoms with E-state index < -0.39 is 5.82 Å². The van der Waals surface area contributed by atoms with Crippen molar-refractivity contribution < 1.29 is 9.18 Å². The summed E-state index contributed by atoms with van der Waals surface area (Å²) in [4.78, 5) is 21.1. The normalized spacial score (nSPS) is 17.3. The van der Waals surface area contributed by atoms with Crippen LogP contribution in [0.2, 0.25) is 0 Å². The molecule has 0 bridgehead atoms. The highest BCUT2D eigenvalue weighted by Crippen LogP contribution is 2.17. The van der Waals surface area contributed by atoms with Crippen LogP contribution in [0, 0.1) is 5.82 Å². The van der Waals surface area contributed by atoms with Crippen molar-refractivity contribution in [3.63, 3.8) is 0 Å². The Bertz CT molecular complexity index is 755. The minimum atomic E-state index is -0.429. The molecule has 1 atom stereocenters. The number of carbonyl (C=O) groups excluding carboxylic acids is 1. The molecule has 150 valence electrons. The molecule has 28 heavy (non-hydrogen) atoms. The summed E-state index contributed by atoms with van der Waals surface area (Å²) in [6, 6.07) is 10.4. The number of benzene rings is 1. The van der Waals surface area contributed by atoms with Gasteiger partial charge in [0.2, 0.25) is 0 Å². The number of anilines is 1. The first-order valence-electron chi connectivity index (χ1n) is 10.1. The maximum atomic E-state index is 13.9. The first kappa shape index (κ1) is 20.3. The van der Waals surface area contributed by atoms with Crippen LogP contribution in [0.5, 0.6) is 0 Å². The molecule has 1 aliphatic rings. The van der Waals surface area contributed by atoms with Crippen molar-refractivity contribution in [3.8, 4) is 0 Å². The van der Waals surface area contributed by atoms with E-state index in [1.807, 2.05) is 12.1 Å². The lowest BCUT2D eigenvalue weighted by molar-refractivity contribution is 0.150. The summed E-state index contributed by atoms with van der Waals surface area (Å²) in [5.74, 6) is -0.429. The summed E-state index contributed by atoms with van der Waals surface area (Å²) in [6.45, 7) is 5.47. The summed E-state index contributed by atoms with van der Waals surface area (Å²) in [7, 11) is 0. The molecule has 6 heteroatoms. The first-order valence-corrected chi connectivity index (χ1v) is 10.1. The second kappa shape index (κ2) is 10.2. The van der Waals surface area contributed by atoms with Crippen molar-refractivity contribution in [2.75, 3.05) is 25.0 Å². The number of piperidine rings is 1. The number of nitrogens with zero attached hydrogens (tertiary/aromatic N) is 3. The standard InChI is InChI=1S/C22H29FN4O/c1-18-7-4-5-14-26(18)15-6-16-27(17-19-10-12-24-13-11-19)22(28)25-21-9-3-2-8-20(21)23/h2-3,8-13,18H,4-7,14-17H2,1H3,(H,25,28). The number of urea groups is 1. The first-order chi connectivity index (χ1) is 13.6. The lowest BCUT2D eigenvalue weighted by Gasteiger charge is -2.34. The number of hydrogen-bond donors (Lipinski definition) is 1. The SMILES string of the molecule is CC1CCCCN1CCCN(Cc1ccncc1)C(=O)Nc1ccccc1F. The van der Waals surface area contributed by atoms with Gasteiger partial charge in [-0.15, -0.1) is 0 Å². The minimum Gasteiger partial charge on any atom is -0.320 e. The fourth-order valence-electron chi connectivity index (χ4n) is 3.67. The number of nitrogens with one attached hydrogen (secondary N) is 1. The molecule has 1 aromatic carbocycles. The number of aromatic nitrogens is 1. The molecule has 1 aromatic heterocycles. The zero-order chi connectivity index (χ0) is 19.8. The Balaban J connectivity index is 1.62. The molecule has 2 heterocycles. The number of hydrogen-bond acceptors (Lipinski definition) is 3. The molecule has 3 rings (SSSR count). The van der Waals surface area contributed by atoms with Gasteiger partial charge in [0, 0.05) is 38.1 Å². The van der Waals surface area contributed by atoms with Gasteiger partial charge in [-0.05, 0) is 62.6 Å². The van der Waals surface area contributed by atoms with E-state index in [9.17, 15) is 9.18 Å². The van der Waals surface area contributed by atoms with Crippen LogP contribution in [0.3, 0.4) is 0 Å². The molecule has 0 spiro atoms. The monoisotopic (exact) mass is 384 g/mol. The van der Waals surface area contributed by atoms with Crippen LogP contribution in [-0.4, -0.2) is 46.5 Å². The number of amides is 2. The average Bonchev–Trinajstić information content (AvgIpc) is 2.71. The summed E-state index contributed by atoms with van der Waals surface area (Å²) in [5.41, 5.74) is 1.21. The molecule has 0 aliphatic carbocycles. The molecular weight excluding hydrogens is 355 g/mol. The number of pyridine rings is 1. The van der Waals surface area contributed by atoms with Gasteiger partial charge in [0.1, 0.15) is 5.82 Å². The second-order valence-corrected chi connectivity index (χ2v) is 7.42. The molecule has 2 aromatic rings. The molecule has 1 fully saturated rings. The maximum absolute atomic E-state index is 13.9. The zero-order valence-electron chi connectivity index (χ0n) is 16.5. The van der Waals surface area contributed by atoms with Gasteiger partial charge in [-0.3, -0.25) is 4.98 Å². The number of rotatable bonds is 7. The molecule has 5 nitrogen and oxygen atoms in total. The lowest BCUT2D eigenvalue weighted by Crippen LogP contribution is -2.40. The van der Waals surface area contributed by atoms with E-state index in [1.54, 1.807) is 35.5 Å². The van der Waals surface area contributed by atoms with Crippen molar-refractivity contribution >= 4 is 11.7 Å². The Kier molecular flexibility index (Phi) is 7.37. The van der Waals surface area contributed by atoms with Crippen molar-refractivity contribution in [2.45, 2.75) is 45.2 Å². The summed E-state index contributed by atoms with van der Waals surface area (Å²) < 4.78 is 13.9. The third-order valence-electron chi connectivity index (χ3n) is 5.34. The van der Waals surface area contributed by atoms with E-state index in [0.29, 0.717) is 19.1 Å². The van der Waals surface area contributed by atoms with E-state index in [4.69, 9.17) is 0 Å². The number of para-hydroxylation sites is 1. The van der Waals surface area contributed by atoms with Crippen LogP contribution in [0.4, 0.5) is 14.9 Å². The molecule has 0 saturated carbocycles. The summed E-state index contributed by atoms with van der Waals surface area (Å²) >= 11 is 0. The summed E-state index contributed by atoms with van der Waals surface area (Å²) in [5, 5.41) is 2.71. The Labute approximate surface area is 166 Å². The van der Waals surface area contributed by atoms with Crippen molar-refractivity contribution in [1.82, 2.24) is 14.8 Å². The fraction of sp³-hybridized carbons (Fsp3) is 0.455. The van der Waals surface area contributed by atoms with Gasteiger partial charge in [0.15, 0.2) is 0 Å². The molecular formula is C22H29FN4O. The topological polar surface area (TPSA) is 48.5 Å². The highest BCUT2D eigenvalue weighted by atomic mass is 19.1. The Morgan fingerprint density at radius 3 is 2.79 bits per heavy atom. The van der Waals surface area contributed by atoms with Crippen molar-refractivity contribution in [3.05, 3.63) is 60.2 Å². The van der Waals surface area contributed by atoms with Crippen LogP contribution in [-0.2, 0) is 6.54 Å². The van der Waals surface area contributed by atoms with Crippen LogP contribution < -0.4 is 5.32 Å². The second-order valence-electron chi connectivity index (χ2n) is 7.42. The van der Waals surface area contributed by atoms with Gasteiger partial charge in [-0.1, -0.05) is 18.6 Å². The quantitative estimate of drug-likeness (QED) is 0.764. The van der Waals surface area contributed by atoms with Crippen LogP contribution in [0.1, 0.15) is 38.2 Å².